The Morgan fingerprint density at radius 1 is 1.29 bits per heavy atom. The molecule has 6 heteroatoms. The topological polar surface area (TPSA) is 70.1 Å². The van der Waals surface area contributed by atoms with E-state index in [1.807, 2.05) is 20.8 Å². The van der Waals surface area contributed by atoms with E-state index in [9.17, 15) is 14.7 Å². The molecule has 0 aromatic rings. The normalized spacial score (nSPS) is 33.9. The van der Waals surface area contributed by atoms with Gasteiger partial charge in [-0.25, -0.2) is 9.59 Å². The van der Waals surface area contributed by atoms with Crippen LogP contribution in [0.5, 0.6) is 0 Å². The van der Waals surface area contributed by atoms with Crippen molar-refractivity contribution in [1.82, 2.24) is 9.80 Å². The number of rotatable bonds is 2. The molecule has 2 saturated heterocycles. The highest BCUT2D eigenvalue weighted by atomic mass is 16.5. The Labute approximate surface area is 126 Å². The van der Waals surface area contributed by atoms with Crippen molar-refractivity contribution in [2.24, 2.45) is 5.92 Å². The van der Waals surface area contributed by atoms with Crippen molar-refractivity contribution in [3.8, 4) is 0 Å². The lowest BCUT2D eigenvalue weighted by Gasteiger charge is -2.44. The molecule has 120 valence electrons. The van der Waals surface area contributed by atoms with Crippen LogP contribution in [-0.4, -0.2) is 64.8 Å². The Morgan fingerprint density at radius 3 is 2.62 bits per heavy atom. The third-order valence-corrected chi connectivity index (χ3v) is 4.58. The molecular formula is C15H26N2O4. The Hall–Kier alpha value is -1.30. The SMILES string of the molecule is CCC1COC(C)CN1C(=O)N1CCC(C)CC1C(=O)O. The maximum atomic E-state index is 12.8. The highest BCUT2D eigenvalue weighted by Crippen LogP contribution is 2.26. The van der Waals surface area contributed by atoms with Crippen LogP contribution in [0.25, 0.3) is 0 Å². The van der Waals surface area contributed by atoms with Gasteiger partial charge < -0.3 is 19.6 Å². The molecule has 6 nitrogen and oxygen atoms in total. The Kier molecular flexibility index (Phi) is 5.08. The number of carboxylic acid groups (broad SMARTS) is 1. The fourth-order valence-corrected chi connectivity index (χ4v) is 3.19. The third kappa shape index (κ3) is 3.48. The summed E-state index contributed by atoms with van der Waals surface area (Å²) in [4.78, 5) is 27.6. The lowest BCUT2D eigenvalue weighted by atomic mass is 9.92. The van der Waals surface area contributed by atoms with Crippen molar-refractivity contribution in [2.75, 3.05) is 19.7 Å². The average Bonchev–Trinajstić information content (AvgIpc) is 2.46. The highest BCUT2D eigenvalue weighted by Gasteiger charge is 2.39. The van der Waals surface area contributed by atoms with Crippen molar-refractivity contribution in [3.05, 3.63) is 0 Å². The van der Waals surface area contributed by atoms with Crippen molar-refractivity contribution >= 4 is 12.0 Å². The Morgan fingerprint density at radius 2 is 2.00 bits per heavy atom. The Bertz CT molecular complexity index is 401. The Balaban J connectivity index is 2.14. The molecule has 2 rings (SSSR count). The summed E-state index contributed by atoms with van der Waals surface area (Å²) in [5.41, 5.74) is 0. The summed E-state index contributed by atoms with van der Waals surface area (Å²) >= 11 is 0. The largest absolute Gasteiger partial charge is 0.480 e. The first-order valence-corrected chi connectivity index (χ1v) is 7.85. The van der Waals surface area contributed by atoms with Gasteiger partial charge in [-0.3, -0.25) is 0 Å². The summed E-state index contributed by atoms with van der Waals surface area (Å²) < 4.78 is 5.61. The molecule has 1 N–H and O–H groups in total. The molecule has 0 aliphatic carbocycles. The second-order valence-electron chi connectivity index (χ2n) is 6.32. The standard InChI is InChI=1S/C15H26N2O4/c1-4-12-9-21-11(3)8-17(12)15(20)16-6-5-10(2)7-13(16)14(18)19/h10-13H,4-9H2,1-3H3,(H,18,19). The van der Waals surface area contributed by atoms with Gasteiger partial charge in [0.1, 0.15) is 6.04 Å². The number of aliphatic carboxylic acids is 1. The summed E-state index contributed by atoms with van der Waals surface area (Å²) in [7, 11) is 0. The summed E-state index contributed by atoms with van der Waals surface area (Å²) in [6.07, 6.45) is 2.23. The van der Waals surface area contributed by atoms with Gasteiger partial charge in [0.05, 0.1) is 18.8 Å². The first-order valence-electron chi connectivity index (χ1n) is 7.85. The second-order valence-corrected chi connectivity index (χ2v) is 6.32. The number of urea groups is 1. The minimum Gasteiger partial charge on any atom is -0.480 e. The van der Waals surface area contributed by atoms with E-state index in [0.717, 1.165) is 12.8 Å². The summed E-state index contributed by atoms with van der Waals surface area (Å²) in [6.45, 7) is 7.61. The van der Waals surface area contributed by atoms with Gasteiger partial charge in [0, 0.05) is 13.1 Å². The van der Waals surface area contributed by atoms with Crippen molar-refractivity contribution in [3.63, 3.8) is 0 Å². The summed E-state index contributed by atoms with van der Waals surface area (Å²) in [5, 5.41) is 9.41. The molecule has 4 atom stereocenters. The molecule has 0 saturated carbocycles. The summed E-state index contributed by atoms with van der Waals surface area (Å²) in [6, 6.07) is -0.796. The molecular weight excluding hydrogens is 272 g/mol. The molecule has 2 heterocycles. The second kappa shape index (κ2) is 6.64. The smallest absolute Gasteiger partial charge is 0.326 e. The van der Waals surface area contributed by atoms with Crippen LogP contribution in [0.4, 0.5) is 4.79 Å². The van der Waals surface area contributed by atoms with Crippen molar-refractivity contribution in [2.45, 2.75) is 58.2 Å². The molecule has 0 aromatic heterocycles. The summed E-state index contributed by atoms with van der Waals surface area (Å²) in [5.74, 6) is -0.551. The number of piperidine rings is 1. The predicted octanol–water partition coefficient (Wildman–Crippen LogP) is 1.79. The monoisotopic (exact) mass is 298 g/mol. The molecule has 2 fully saturated rings. The van der Waals surface area contributed by atoms with Crippen LogP contribution in [0.3, 0.4) is 0 Å². The van der Waals surface area contributed by atoms with Gasteiger partial charge in [-0.2, -0.15) is 0 Å². The minimum absolute atomic E-state index is 0.00347. The molecule has 0 bridgehead atoms. The van der Waals surface area contributed by atoms with Crippen LogP contribution in [0.15, 0.2) is 0 Å². The number of hydrogen-bond acceptors (Lipinski definition) is 3. The number of amides is 2. The van der Waals surface area contributed by atoms with Gasteiger partial charge >= 0.3 is 12.0 Å². The number of hydrogen-bond donors (Lipinski definition) is 1. The first kappa shape index (κ1) is 16.1. The zero-order valence-corrected chi connectivity index (χ0v) is 13.1. The number of carbonyl (C=O) groups excluding carboxylic acids is 1. The van der Waals surface area contributed by atoms with Gasteiger partial charge in [0.15, 0.2) is 0 Å². The minimum atomic E-state index is -0.899. The number of ether oxygens (including phenoxy) is 1. The van der Waals surface area contributed by atoms with E-state index in [1.54, 1.807) is 9.80 Å². The van der Waals surface area contributed by atoms with Gasteiger partial charge in [0.25, 0.3) is 0 Å². The molecule has 2 aliphatic rings. The van der Waals surface area contributed by atoms with E-state index in [-0.39, 0.29) is 18.2 Å². The van der Waals surface area contributed by atoms with Crippen molar-refractivity contribution in [1.29, 1.82) is 0 Å². The average molecular weight is 298 g/mol. The lowest BCUT2D eigenvalue weighted by molar-refractivity contribution is -0.144. The number of morpholine rings is 1. The lowest BCUT2D eigenvalue weighted by Crippen LogP contribution is -2.60. The molecule has 2 amide bonds. The zero-order chi connectivity index (χ0) is 15.6. The van der Waals surface area contributed by atoms with Gasteiger partial charge in [-0.05, 0) is 32.1 Å². The number of carbonyl (C=O) groups is 2. The molecule has 0 spiro atoms. The van der Waals surface area contributed by atoms with E-state index < -0.39 is 12.0 Å². The van der Waals surface area contributed by atoms with Gasteiger partial charge in [0.2, 0.25) is 0 Å². The van der Waals surface area contributed by atoms with Crippen LogP contribution in [-0.2, 0) is 9.53 Å². The maximum Gasteiger partial charge on any atom is 0.326 e. The van der Waals surface area contributed by atoms with Crippen LogP contribution >= 0.6 is 0 Å². The zero-order valence-electron chi connectivity index (χ0n) is 13.1. The molecule has 21 heavy (non-hydrogen) atoms. The number of nitrogens with zero attached hydrogens (tertiary/aromatic N) is 2. The van der Waals surface area contributed by atoms with Gasteiger partial charge in [-0.15, -0.1) is 0 Å². The van der Waals surface area contributed by atoms with Gasteiger partial charge in [-0.1, -0.05) is 13.8 Å². The first-order chi connectivity index (χ1) is 9.93. The van der Waals surface area contributed by atoms with Crippen LogP contribution in [0.1, 0.15) is 40.0 Å². The maximum absolute atomic E-state index is 12.8. The molecule has 0 radical (unpaired) electrons. The van der Waals surface area contributed by atoms with Crippen LogP contribution in [0.2, 0.25) is 0 Å². The molecule has 4 unspecified atom stereocenters. The molecule has 0 aromatic carbocycles. The number of likely N-dealkylation sites (tertiary alicyclic amines) is 1. The van der Waals surface area contributed by atoms with E-state index in [1.165, 1.54) is 0 Å². The predicted molar refractivity (Wildman–Crippen MR) is 78.1 cm³/mol. The van der Waals surface area contributed by atoms with Crippen LogP contribution in [0, 0.1) is 5.92 Å². The van der Waals surface area contributed by atoms with E-state index in [2.05, 4.69) is 0 Å². The fourth-order valence-electron chi connectivity index (χ4n) is 3.19. The highest BCUT2D eigenvalue weighted by molar-refractivity contribution is 5.83. The van der Waals surface area contributed by atoms with E-state index >= 15 is 0 Å². The number of carboxylic acids is 1. The molecule has 2 aliphatic heterocycles. The third-order valence-electron chi connectivity index (χ3n) is 4.58. The quantitative estimate of drug-likeness (QED) is 0.844. The van der Waals surface area contributed by atoms with E-state index in [0.29, 0.717) is 32.0 Å². The van der Waals surface area contributed by atoms with Crippen molar-refractivity contribution < 1.29 is 19.4 Å². The van der Waals surface area contributed by atoms with Crippen LogP contribution < -0.4 is 0 Å². The van der Waals surface area contributed by atoms with E-state index in [4.69, 9.17) is 4.74 Å². The fraction of sp³-hybridized carbons (Fsp3) is 0.867.